The molecule has 420 valence electrons. The quantitative estimate of drug-likeness (QED) is 0.0374. The zero-order valence-electron chi connectivity index (χ0n) is 45.8. The molecule has 8 rings (SSSR count). The number of carbonyl (C=O) groups is 4. The first-order valence-corrected chi connectivity index (χ1v) is 29.8. The van der Waals surface area contributed by atoms with Crippen LogP contribution in [-0.4, -0.2) is 114 Å². The van der Waals surface area contributed by atoms with E-state index in [1.54, 1.807) is 86.9 Å². The number of nitrogens with zero attached hydrogens (tertiary/aromatic N) is 4. The molecule has 2 fully saturated rings. The van der Waals surface area contributed by atoms with E-state index in [9.17, 15) is 19.2 Å². The normalized spacial score (nSPS) is 20.0. The molecule has 2 atom stereocenters. The van der Waals surface area contributed by atoms with Crippen LogP contribution in [0.15, 0.2) is 94.7 Å². The second kappa shape index (κ2) is 27.4. The van der Waals surface area contributed by atoms with Crippen LogP contribution in [0.3, 0.4) is 0 Å². The standard InChI is InChI=1S/C60H74Cl2N4O10S2/c1-63(43-19-11-7-12-20-43)33-15-9-17-35-73-51-29-25-45(71-5)39-47(51)59(57(69)65(3)49-27-23-41(61)37-53(49)77-59)75-55(67)31-32-56(68)76-60(58(70)66(4)50-28-24-42(62)38-54(50)78-60)48-40-46(72-6)26-30-52(48)74-36-18-10-16-34-64(2)44-21-13-8-14-22-44/h23-32,37-40,43-44H,7-22,33-36H2,1-6H3/b32-31+. The molecule has 2 heterocycles. The summed E-state index contributed by atoms with van der Waals surface area (Å²) in [4.78, 5) is 63.5. The number of anilines is 2. The minimum absolute atomic E-state index is 0.219. The van der Waals surface area contributed by atoms with Gasteiger partial charge in [0.1, 0.15) is 23.0 Å². The number of benzene rings is 4. The average Bonchev–Trinajstić information content (AvgIpc) is 3.65. The summed E-state index contributed by atoms with van der Waals surface area (Å²) in [5.74, 6) is -1.94. The van der Waals surface area contributed by atoms with E-state index in [0.717, 1.165) is 87.3 Å². The Morgan fingerprint density at radius 3 is 1.36 bits per heavy atom. The number of carbonyl (C=O) groups excluding carboxylic acids is 4. The van der Waals surface area contributed by atoms with Gasteiger partial charge in [0.15, 0.2) is 0 Å². The summed E-state index contributed by atoms with van der Waals surface area (Å²) >= 11 is 15.1. The van der Waals surface area contributed by atoms with Crippen LogP contribution in [0.4, 0.5) is 11.4 Å². The van der Waals surface area contributed by atoms with Gasteiger partial charge in [-0.05, 0) is 164 Å². The largest absolute Gasteiger partial charge is 0.497 e. The van der Waals surface area contributed by atoms with E-state index < -0.39 is 33.6 Å². The number of unbranched alkanes of at least 4 members (excludes halogenated alkanes) is 4. The van der Waals surface area contributed by atoms with Crippen molar-refractivity contribution in [1.82, 2.24) is 9.80 Å². The lowest BCUT2D eigenvalue weighted by atomic mass is 9.94. The minimum atomic E-state index is -2.11. The summed E-state index contributed by atoms with van der Waals surface area (Å²) in [6, 6.07) is 21.5. The average molecular weight is 1150 g/mol. The Hall–Kier alpha value is -5.10. The van der Waals surface area contributed by atoms with E-state index in [1.165, 1.54) is 88.2 Å². The summed E-state index contributed by atoms with van der Waals surface area (Å²) in [5, 5.41) is 0.806. The molecule has 2 unspecified atom stereocenters. The summed E-state index contributed by atoms with van der Waals surface area (Å²) in [6.07, 6.45) is 19.9. The predicted octanol–water partition coefficient (Wildman–Crippen LogP) is 12.8. The van der Waals surface area contributed by atoms with Crippen molar-refractivity contribution in [2.45, 2.75) is 134 Å². The maximum absolute atomic E-state index is 15.0. The van der Waals surface area contributed by atoms with Gasteiger partial charge < -0.3 is 48.0 Å². The highest BCUT2D eigenvalue weighted by molar-refractivity contribution is 8.01. The summed E-state index contributed by atoms with van der Waals surface area (Å²) < 4.78 is 37.0. The minimum Gasteiger partial charge on any atom is -0.497 e. The maximum Gasteiger partial charge on any atom is 0.333 e. The molecule has 78 heavy (non-hydrogen) atoms. The number of hydrogen-bond donors (Lipinski definition) is 0. The fraction of sp³-hybridized carbons (Fsp3) is 0.500. The van der Waals surface area contributed by atoms with Crippen molar-refractivity contribution >= 4 is 81.9 Å². The topological polar surface area (TPSA) is 137 Å². The van der Waals surface area contributed by atoms with E-state index in [1.807, 2.05) is 0 Å². The van der Waals surface area contributed by atoms with E-state index in [0.29, 0.717) is 79.5 Å². The smallest absolute Gasteiger partial charge is 0.333 e. The molecule has 14 nitrogen and oxygen atoms in total. The van der Waals surface area contributed by atoms with Gasteiger partial charge in [0.2, 0.25) is 0 Å². The van der Waals surface area contributed by atoms with Crippen LogP contribution < -0.4 is 28.7 Å². The van der Waals surface area contributed by atoms with E-state index >= 15 is 0 Å². The van der Waals surface area contributed by atoms with Crippen LogP contribution in [0, 0.1) is 0 Å². The molecule has 2 amide bonds. The van der Waals surface area contributed by atoms with Crippen LogP contribution >= 0.6 is 46.7 Å². The number of halogens is 2. The molecule has 2 aliphatic carbocycles. The Morgan fingerprint density at radius 2 is 0.974 bits per heavy atom. The van der Waals surface area contributed by atoms with Gasteiger partial charge >= 0.3 is 11.9 Å². The number of hydrogen-bond acceptors (Lipinski definition) is 14. The number of amides is 2. The highest BCUT2D eigenvalue weighted by Crippen LogP contribution is 2.56. The Kier molecular flexibility index (Phi) is 20.7. The van der Waals surface area contributed by atoms with Crippen molar-refractivity contribution in [1.29, 1.82) is 0 Å². The summed E-state index contributed by atoms with van der Waals surface area (Å²) in [6.45, 7) is 2.68. The second-order valence-corrected chi connectivity index (χ2v) is 24.0. The molecular weight excluding hydrogens is 1070 g/mol. The lowest BCUT2D eigenvalue weighted by Gasteiger charge is -2.40. The molecule has 0 radical (unpaired) electrons. The van der Waals surface area contributed by atoms with Crippen LogP contribution in [-0.2, 0) is 38.5 Å². The Morgan fingerprint density at radius 1 is 0.577 bits per heavy atom. The molecule has 0 N–H and O–H groups in total. The molecule has 4 aromatic carbocycles. The number of likely N-dealkylation sites (N-methyl/N-ethyl adjacent to an activating group) is 2. The first kappa shape index (κ1) is 59.0. The van der Waals surface area contributed by atoms with E-state index in [-0.39, 0.29) is 11.1 Å². The number of ether oxygens (including phenoxy) is 6. The molecule has 2 saturated carbocycles. The predicted molar refractivity (Wildman–Crippen MR) is 310 cm³/mol. The Balaban J connectivity index is 1.05. The second-order valence-electron chi connectivity index (χ2n) is 20.7. The lowest BCUT2D eigenvalue weighted by molar-refractivity contribution is -0.156. The van der Waals surface area contributed by atoms with Crippen molar-refractivity contribution in [3.05, 3.63) is 106 Å². The van der Waals surface area contributed by atoms with Crippen molar-refractivity contribution < 1.29 is 47.6 Å². The maximum atomic E-state index is 15.0. The number of thioether (sulfide) groups is 2. The summed E-state index contributed by atoms with van der Waals surface area (Å²) in [7, 11) is 10.6. The Bertz CT molecular complexity index is 2610. The lowest BCUT2D eigenvalue weighted by Crippen LogP contribution is -2.49. The van der Waals surface area contributed by atoms with Gasteiger partial charge in [0.25, 0.3) is 21.7 Å². The fourth-order valence-electron chi connectivity index (χ4n) is 10.9. The van der Waals surface area contributed by atoms with Gasteiger partial charge in [0.05, 0.1) is 49.9 Å². The number of methoxy groups -OCH3 is 2. The third-order valence-corrected chi connectivity index (χ3v) is 18.5. The van der Waals surface area contributed by atoms with Gasteiger partial charge in [-0.1, -0.05) is 85.3 Å². The Labute approximate surface area is 478 Å². The van der Waals surface area contributed by atoms with Crippen molar-refractivity contribution in [3.8, 4) is 23.0 Å². The highest BCUT2D eigenvalue weighted by atomic mass is 35.5. The summed E-state index contributed by atoms with van der Waals surface area (Å²) in [5.41, 5.74) is 1.54. The third-order valence-electron chi connectivity index (χ3n) is 15.4. The third kappa shape index (κ3) is 13.9. The first-order valence-electron chi connectivity index (χ1n) is 27.4. The van der Waals surface area contributed by atoms with Crippen LogP contribution in [0.25, 0.3) is 0 Å². The zero-order chi connectivity index (χ0) is 55.4. The zero-order valence-corrected chi connectivity index (χ0v) is 49.0. The van der Waals surface area contributed by atoms with Gasteiger partial charge in [-0.3, -0.25) is 9.59 Å². The highest BCUT2D eigenvalue weighted by Gasteiger charge is 2.55. The van der Waals surface area contributed by atoms with Crippen LogP contribution in [0.1, 0.15) is 114 Å². The number of rotatable bonds is 24. The molecule has 0 saturated heterocycles. The van der Waals surface area contributed by atoms with Crippen molar-refractivity contribution in [3.63, 3.8) is 0 Å². The van der Waals surface area contributed by atoms with Crippen LogP contribution in [0.5, 0.6) is 23.0 Å². The van der Waals surface area contributed by atoms with Gasteiger partial charge in [-0.2, -0.15) is 0 Å². The van der Waals surface area contributed by atoms with Gasteiger partial charge in [0, 0.05) is 58.2 Å². The molecular formula is C60H74Cl2N4O10S2. The monoisotopic (exact) mass is 1140 g/mol. The number of esters is 2. The van der Waals surface area contributed by atoms with Crippen molar-refractivity contribution in [2.24, 2.45) is 0 Å². The SMILES string of the molecule is COc1ccc(OCCCCCN(C)C2CCCCC2)c(C2(OC(=O)/C=C/C(=O)OC3(c4cc(OC)ccc4OCCCCCN(C)C4CCCCC4)Sc4cc(Cl)ccc4N(C)C3=O)Sc3cc(Cl)ccc3N(C)C2=O)c1. The van der Waals surface area contributed by atoms with Gasteiger partial charge in [-0.15, -0.1) is 0 Å². The fourth-order valence-corrected chi connectivity index (χ4v) is 14.2. The molecule has 2 aliphatic heterocycles. The molecule has 0 aromatic heterocycles. The number of fused-ring (bicyclic) bond motifs is 2. The molecule has 0 bridgehead atoms. The molecule has 4 aromatic rings. The van der Waals surface area contributed by atoms with E-state index in [2.05, 4.69) is 23.9 Å². The van der Waals surface area contributed by atoms with Crippen LogP contribution in [0.2, 0.25) is 10.0 Å². The molecule has 18 heteroatoms. The van der Waals surface area contributed by atoms with Crippen molar-refractivity contribution in [2.75, 3.05) is 78.5 Å². The van der Waals surface area contributed by atoms with Gasteiger partial charge in [-0.25, -0.2) is 9.59 Å². The van der Waals surface area contributed by atoms with E-state index in [4.69, 9.17) is 51.6 Å². The molecule has 0 spiro atoms. The molecule has 4 aliphatic rings. The first-order chi connectivity index (χ1) is 37.7.